The van der Waals surface area contributed by atoms with E-state index in [1.54, 1.807) is 108 Å². The summed E-state index contributed by atoms with van der Waals surface area (Å²) in [5, 5.41) is 29.7. The standard InChI is InChI=1S/C25H27F4N3O4.2C17H17F4NO3.C16H17F4N3O2.C9H13NO2.C8H4F4O2.C8H12N2O2/c1-15(2)19-12-20(31(3)30-19)24(33)32(13-16-9-10-18(34-4)11-22(16)35-5)14-17-7-6-8-21(23(17)26)36-25(27,28)29;2*1-23-13-7-6-11(15(8-13)24-2)9-22-10-12-4-3-5-14(16(12)18)25-17(19,20)21;1-9(2)11-7-12(23(3)22-11)15(24)21-8-10-5-4-6-13(14(10)17)25-16(18,19)20;1-11-8-4-3-7(6-10)9(5-8)12-2;9-7-5(4-13)2-1-3-6(7)14-8(10,11)12;1-5(2)6-4-7(8(11)12)10(3)9-6/h6-12,15H,13-14H2,1-5H3;2*3-8,22H,9-10H2,1-2H3;4-7,9H,8H2,1-3H3,(H,21,24);3-5H,6,10H2,1-2H3;1-4H;4-5H,1-3H3,(H,11,12). The fraction of sp³-hybridized carbons (Fsp3) is 0.330. The Labute approximate surface area is 841 Å². The van der Waals surface area contributed by atoms with Crippen LogP contribution in [-0.2, 0) is 73.5 Å². The molecule has 0 saturated carbocycles. The van der Waals surface area contributed by atoms with Crippen molar-refractivity contribution in [2.45, 2.75) is 143 Å². The van der Waals surface area contributed by atoms with Gasteiger partial charge in [0.15, 0.2) is 64.1 Å². The minimum atomic E-state index is -5.06. The van der Waals surface area contributed by atoms with Crippen molar-refractivity contribution in [3.05, 3.63) is 295 Å². The minimum Gasteiger partial charge on any atom is -0.497 e. The molecule has 3 heterocycles. The summed E-state index contributed by atoms with van der Waals surface area (Å²) in [6.45, 7) is 12.2. The third kappa shape index (κ3) is 39.1. The van der Waals surface area contributed by atoms with E-state index in [4.69, 9.17) is 48.7 Å². The van der Waals surface area contributed by atoms with Gasteiger partial charge in [-0.3, -0.25) is 28.4 Å². The number of aldehydes is 1. The first kappa shape index (κ1) is 122. The fourth-order valence-electron chi connectivity index (χ4n) is 13.0. The summed E-state index contributed by atoms with van der Waals surface area (Å²) in [5.41, 5.74) is 11.0. The quantitative estimate of drug-likeness (QED) is 0.0182. The Bertz CT molecular complexity index is 6250. The number of aryl methyl sites for hydroxylation is 3. The van der Waals surface area contributed by atoms with E-state index < -0.39 is 113 Å². The smallest absolute Gasteiger partial charge is 0.497 e. The minimum absolute atomic E-state index is 0.0239. The predicted molar refractivity (Wildman–Crippen MR) is 502 cm³/mol. The molecule has 0 bridgehead atoms. The number of nitrogens with zero attached hydrogens (tertiary/aromatic N) is 7. The monoisotopic (exact) mass is 2130 g/mol. The first-order valence-corrected chi connectivity index (χ1v) is 44.0. The Morgan fingerprint density at radius 2 is 0.624 bits per heavy atom. The van der Waals surface area contributed by atoms with E-state index in [2.05, 4.69) is 54.9 Å². The highest BCUT2D eigenvalue weighted by Gasteiger charge is 2.38. The molecule has 0 spiro atoms. The Hall–Kier alpha value is -15.4. The Morgan fingerprint density at radius 1 is 0.349 bits per heavy atom. The molecule has 810 valence electrons. The Kier molecular flexibility index (Phi) is 46.3. The molecule has 0 atom stereocenters. The number of carboxylic acid groups (broad SMARTS) is 1. The molecular formula is C100H107F20N11O18. The van der Waals surface area contributed by atoms with Crippen LogP contribution in [-0.4, -0.2) is 152 Å². The average molecular weight is 2130 g/mol. The van der Waals surface area contributed by atoms with Crippen LogP contribution in [0.2, 0.25) is 0 Å². The number of nitrogens with one attached hydrogen (secondary N) is 3. The number of benzene rings is 9. The van der Waals surface area contributed by atoms with E-state index in [0.29, 0.717) is 65.4 Å². The van der Waals surface area contributed by atoms with Crippen LogP contribution in [0, 0.1) is 29.1 Å². The van der Waals surface area contributed by atoms with E-state index in [0.717, 1.165) is 82.0 Å². The molecule has 3 aromatic heterocycles. The van der Waals surface area contributed by atoms with E-state index >= 15 is 0 Å². The summed E-state index contributed by atoms with van der Waals surface area (Å²) in [7, 11) is 17.1. The van der Waals surface area contributed by atoms with Gasteiger partial charge >= 0.3 is 37.8 Å². The number of aromatic nitrogens is 6. The second-order valence-electron chi connectivity index (χ2n) is 31.9. The van der Waals surface area contributed by atoms with Crippen LogP contribution in [0.5, 0.6) is 74.7 Å². The van der Waals surface area contributed by atoms with E-state index in [1.165, 1.54) is 110 Å². The maximum absolute atomic E-state index is 15.0. The SMILES string of the molecule is CC(C)c1cc(C(=O)NCc2cccc(OC(F)(F)F)c2F)n(C)n1.CC(C)c1cc(C(=O)O)n(C)n1.COc1ccc(CN(Cc2cccc(OC(F)(F)F)c2F)C(=O)c2cc(C(C)C)nn2C)c(OC)c1.COc1ccc(CN)c(OC)c1.COc1ccc(CNCc2cccc(OC(F)(F)F)c2F)c(OC)c1.COc1ccc(CNCc2cccc(OC(F)(F)F)c2F)c(OC)c1.O=Cc1cccc(OC(F)(F)F)c1F. The molecule has 149 heavy (non-hydrogen) atoms. The summed E-state index contributed by atoms with van der Waals surface area (Å²) in [4.78, 5) is 47.9. The molecule has 12 aromatic rings. The number of carbonyl (C=O) groups excluding carboxylic acids is 3. The third-order valence-electron chi connectivity index (χ3n) is 20.5. The number of rotatable bonds is 35. The number of carboxylic acids is 1. The van der Waals surface area contributed by atoms with Crippen molar-refractivity contribution in [2.75, 3.05) is 56.9 Å². The first-order valence-electron chi connectivity index (χ1n) is 44.0. The lowest BCUT2D eigenvalue weighted by Crippen LogP contribution is -2.32. The van der Waals surface area contributed by atoms with E-state index in [9.17, 15) is 107 Å². The summed E-state index contributed by atoms with van der Waals surface area (Å²) in [5.74, 6) is -6.97. The van der Waals surface area contributed by atoms with Crippen LogP contribution in [0.4, 0.5) is 87.8 Å². The molecule has 29 nitrogen and oxygen atoms in total. The molecule has 9 aromatic carbocycles. The molecule has 0 aliphatic rings. The van der Waals surface area contributed by atoms with Gasteiger partial charge in [-0.15, -0.1) is 65.9 Å². The maximum atomic E-state index is 15.0. The highest BCUT2D eigenvalue weighted by molar-refractivity contribution is 5.93. The number of methoxy groups -OCH3 is 8. The second kappa shape index (κ2) is 56.5. The Morgan fingerprint density at radius 3 is 0.940 bits per heavy atom. The summed E-state index contributed by atoms with van der Waals surface area (Å²) >= 11 is 0. The molecule has 6 N–H and O–H groups in total. The van der Waals surface area contributed by atoms with Crippen molar-refractivity contribution in [1.29, 1.82) is 0 Å². The average Bonchev–Trinajstić information content (AvgIpc) is 1.76. The summed E-state index contributed by atoms with van der Waals surface area (Å²) < 4.78 is 317. The Balaban J connectivity index is 0.000000274. The van der Waals surface area contributed by atoms with Gasteiger partial charge in [-0.2, -0.15) is 15.3 Å². The van der Waals surface area contributed by atoms with Crippen molar-refractivity contribution in [3.8, 4) is 74.7 Å². The number of hydrogen-bond acceptors (Lipinski definition) is 23. The normalized spacial score (nSPS) is 11.2. The van der Waals surface area contributed by atoms with Gasteiger partial charge in [0, 0.05) is 136 Å². The molecule has 0 aliphatic heterocycles. The van der Waals surface area contributed by atoms with Gasteiger partial charge < -0.3 is 93.3 Å². The molecule has 0 unspecified atom stereocenters. The number of amides is 2. The first-order chi connectivity index (χ1) is 70.0. The lowest BCUT2D eigenvalue weighted by molar-refractivity contribution is -0.276. The molecule has 0 fully saturated rings. The summed E-state index contributed by atoms with van der Waals surface area (Å²) in [6, 6.07) is 42.8. The van der Waals surface area contributed by atoms with Gasteiger partial charge in [0.25, 0.3) is 11.8 Å². The van der Waals surface area contributed by atoms with Crippen molar-refractivity contribution < 1.29 is 174 Å². The van der Waals surface area contributed by atoms with Crippen molar-refractivity contribution in [2.24, 2.45) is 26.9 Å². The van der Waals surface area contributed by atoms with Crippen molar-refractivity contribution >= 4 is 24.1 Å². The van der Waals surface area contributed by atoms with E-state index in [1.807, 2.05) is 59.7 Å². The maximum Gasteiger partial charge on any atom is 0.573 e. The van der Waals surface area contributed by atoms with Crippen LogP contribution in [0.15, 0.2) is 182 Å². The number of ether oxygens (including phenoxy) is 13. The van der Waals surface area contributed by atoms with Gasteiger partial charge in [-0.05, 0) is 103 Å². The number of nitrogens with two attached hydrogens (primary N) is 1. The lowest BCUT2D eigenvalue weighted by atomic mass is 10.1. The molecule has 12 rings (SSSR count). The van der Waals surface area contributed by atoms with Crippen molar-refractivity contribution in [3.63, 3.8) is 0 Å². The predicted octanol–water partition coefficient (Wildman–Crippen LogP) is 22.0. The molecule has 2 amide bonds. The zero-order chi connectivity index (χ0) is 111. The molecular weight excluding hydrogens is 2020 g/mol. The zero-order valence-electron chi connectivity index (χ0n) is 82.9. The number of carbonyl (C=O) groups is 4. The van der Waals surface area contributed by atoms with Gasteiger partial charge in [-0.1, -0.05) is 114 Å². The number of halogens is 20. The van der Waals surface area contributed by atoms with E-state index in [-0.39, 0.29) is 96.1 Å². The fourth-order valence-corrected chi connectivity index (χ4v) is 13.0. The topological polar surface area (TPSA) is 327 Å². The number of aromatic carboxylic acids is 1. The van der Waals surface area contributed by atoms with Crippen LogP contribution in [0.1, 0.15) is 163 Å². The molecule has 0 saturated heterocycles. The van der Waals surface area contributed by atoms with Crippen LogP contribution < -0.4 is 83.3 Å². The largest absolute Gasteiger partial charge is 0.573 e. The van der Waals surface area contributed by atoms with Gasteiger partial charge in [0.1, 0.15) is 63.1 Å². The molecule has 0 aliphatic carbocycles. The van der Waals surface area contributed by atoms with Crippen LogP contribution in [0.25, 0.3) is 0 Å². The molecule has 49 heteroatoms. The number of hydrogen-bond donors (Lipinski definition) is 5. The van der Waals surface area contributed by atoms with Gasteiger partial charge in [0.2, 0.25) is 0 Å². The van der Waals surface area contributed by atoms with Crippen molar-refractivity contribution in [1.82, 2.24) is 50.2 Å². The van der Waals surface area contributed by atoms with Gasteiger partial charge in [-0.25, -0.2) is 26.7 Å². The zero-order valence-corrected chi connectivity index (χ0v) is 82.9. The molecule has 0 radical (unpaired) electrons. The van der Waals surface area contributed by atoms with Gasteiger partial charge in [0.05, 0.1) is 86.1 Å². The second-order valence-corrected chi connectivity index (χ2v) is 31.9. The summed E-state index contributed by atoms with van der Waals surface area (Å²) in [6.07, 6.45) is -24.8. The lowest BCUT2D eigenvalue weighted by Gasteiger charge is -2.25. The van der Waals surface area contributed by atoms with Crippen LogP contribution >= 0.6 is 0 Å². The highest BCUT2D eigenvalue weighted by Crippen LogP contribution is 2.37. The highest BCUT2D eigenvalue weighted by atomic mass is 19.4. The number of alkyl halides is 15. The third-order valence-corrected chi connectivity index (χ3v) is 20.5. The van der Waals surface area contributed by atoms with Crippen LogP contribution in [0.3, 0.4) is 0 Å².